The van der Waals surface area contributed by atoms with Crippen molar-refractivity contribution in [2.24, 2.45) is 0 Å². The summed E-state index contributed by atoms with van der Waals surface area (Å²) in [6.45, 7) is 0. The quantitative estimate of drug-likeness (QED) is 0.754. The fourth-order valence-electron chi connectivity index (χ4n) is 1.55. The molecule has 0 N–H and O–H groups in total. The number of esters is 1. The van der Waals surface area contributed by atoms with Crippen molar-refractivity contribution in [3.05, 3.63) is 36.4 Å². The van der Waals surface area contributed by atoms with Crippen molar-refractivity contribution in [1.82, 2.24) is 19.1 Å². The zero-order valence-corrected chi connectivity index (χ0v) is 12.5. The zero-order valence-electron chi connectivity index (χ0n) is 11.7. The Morgan fingerprint density at radius 2 is 1.86 bits per heavy atom. The molecule has 0 radical (unpaired) electrons. The normalized spacial score (nSPS) is 11.6. The summed E-state index contributed by atoms with van der Waals surface area (Å²) < 4.78 is 30.9. The Morgan fingerprint density at radius 3 is 2.38 bits per heavy atom. The van der Waals surface area contributed by atoms with Gasteiger partial charge in [-0.3, -0.25) is 0 Å². The monoisotopic (exact) mass is 310 g/mol. The van der Waals surface area contributed by atoms with Crippen LogP contribution in [-0.4, -0.2) is 54.7 Å². The second-order valence-electron chi connectivity index (χ2n) is 4.29. The van der Waals surface area contributed by atoms with E-state index >= 15 is 0 Å². The minimum Gasteiger partial charge on any atom is -0.463 e. The van der Waals surface area contributed by atoms with Crippen molar-refractivity contribution in [1.29, 1.82) is 0 Å². The Labute approximate surface area is 122 Å². The molecule has 1 heterocycles. The first-order valence-corrected chi connectivity index (χ1v) is 7.33. The highest BCUT2D eigenvalue weighted by Crippen LogP contribution is 2.15. The van der Waals surface area contributed by atoms with Gasteiger partial charge in [-0.1, -0.05) is 0 Å². The number of hydrogen-bond donors (Lipinski definition) is 0. The summed E-state index contributed by atoms with van der Waals surface area (Å²) in [6, 6.07) is 6.08. The van der Waals surface area contributed by atoms with E-state index < -0.39 is 16.0 Å². The molecule has 8 nitrogen and oxygen atoms in total. The Morgan fingerprint density at radius 1 is 1.24 bits per heavy atom. The van der Waals surface area contributed by atoms with E-state index in [1.807, 2.05) is 0 Å². The van der Waals surface area contributed by atoms with Gasteiger partial charge in [-0.15, -0.1) is 5.10 Å². The van der Waals surface area contributed by atoms with E-state index in [9.17, 15) is 13.2 Å². The number of benzene rings is 1. The highest BCUT2D eigenvalue weighted by atomic mass is 32.2. The summed E-state index contributed by atoms with van der Waals surface area (Å²) >= 11 is 0. The first-order chi connectivity index (χ1) is 9.86. The number of ether oxygens (including phenoxy) is 1. The molecule has 21 heavy (non-hydrogen) atoms. The van der Waals surface area contributed by atoms with E-state index in [0.29, 0.717) is 5.69 Å². The van der Waals surface area contributed by atoms with Gasteiger partial charge in [0.05, 0.1) is 17.7 Å². The van der Waals surface area contributed by atoms with Crippen molar-refractivity contribution in [2.75, 3.05) is 21.2 Å². The summed E-state index contributed by atoms with van der Waals surface area (Å²) in [5.74, 6) is -0.706. The van der Waals surface area contributed by atoms with Gasteiger partial charge in [-0.2, -0.15) is 0 Å². The molecule has 0 saturated carbocycles. The number of carbonyl (C=O) groups excluding carboxylic acids is 1. The largest absolute Gasteiger partial charge is 0.463 e. The molecule has 0 spiro atoms. The minimum absolute atomic E-state index is 0.0671. The van der Waals surface area contributed by atoms with E-state index in [1.54, 1.807) is 12.1 Å². The van der Waals surface area contributed by atoms with E-state index in [0.717, 1.165) is 4.31 Å². The predicted octanol–water partition coefficient (Wildman–Crippen LogP) is 0.304. The Kier molecular flexibility index (Phi) is 4.05. The van der Waals surface area contributed by atoms with Crippen LogP contribution in [0, 0.1) is 0 Å². The molecular weight excluding hydrogens is 296 g/mol. The molecule has 0 aliphatic carbocycles. The zero-order chi connectivity index (χ0) is 15.6. The molecular formula is C12H14N4O4S. The van der Waals surface area contributed by atoms with Crippen LogP contribution in [0.15, 0.2) is 35.5 Å². The van der Waals surface area contributed by atoms with Gasteiger partial charge in [-0.05, 0) is 24.3 Å². The van der Waals surface area contributed by atoms with Crippen LogP contribution in [0.25, 0.3) is 5.69 Å². The van der Waals surface area contributed by atoms with E-state index in [2.05, 4.69) is 14.8 Å². The molecule has 0 bridgehead atoms. The average Bonchev–Trinajstić information content (AvgIpc) is 2.96. The van der Waals surface area contributed by atoms with Gasteiger partial charge < -0.3 is 4.74 Å². The lowest BCUT2D eigenvalue weighted by Crippen LogP contribution is -2.22. The van der Waals surface area contributed by atoms with Crippen LogP contribution in [-0.2, 0) is 14.8 Å². The third-order valence-electron chi connectivity index (χ3n) is 2.74. The summed E-state index contributed by atoms with van der Waals surface area (Å²) in [5.41, 5.74) is 0.579. The third-order valence-corrected chi connectivity index (χ3v) is 4.57. The van der Waals surface area contributed by atoms with Gasteiger partial charge >= 0.3 is 5.97 Å². The highest BCUT2D eigenvalue weighted by Gasteiger charge is 2.17. The second-order valence-corrected chi connectivity index (χ2v) is 6.44. The highest BCUT2D eigenvalue weighted by molar-refractivity contribution is 7.89. The van der Waals surface area contributed by atoms with Crippen LogP contribution in [0.1, 0.15) is 10.6 Å². The maximum Gasteiger partial charge on any atom is 0.377 e. The predicted molar refractivity (Wildman–Crippen MR) is 73.6 cm³/mol. The molecule has 0 aliphatic heterocycles. The number of rotatable bonds is 4. The molecule has 2 aromatic rings. The molecule has 1 aromatic carbocycles. The van der Waals surface area contributed by atoms with Crippen LogP contribution in [0.5, 0.6) is 0 Å². The van der Waals surface area contributed by atoms with Crippen LogP contribution in [0.2, 0.25) is 0 Å². The number of sulfonamides is 1. The summed E-state index contributed by atoms with van der Waals surface area (Å²) in [7, 11) is 0.689. The summed E-state index contributed by atoms with van der Waals surface area (Å²) in [6.07, 6.45) is 1.35. The lowest BCUT2D eigenvalue weighted by atomic mass is 10.3. The standard InChI is InChI=1S/C12H14N4O4S/c1-15(2)21(18,19)10-6-4-9(5-7-10)16-8-13-11(14-16)12(17)20-3/h4-8H,1-3H3. The van der Waals surface area contributed by atoms with Gasteiger partial charge in [0.1, 0.15) is 6.33 Å². The van der Waals surface area contributed by atoms with E-state index in [4.69, 9.17) is 0 Å². The molecule has 112 valence electrons. The molecule has 0 amide bonds. The van der Waals surface area contributed by atoms with Gasteiger partial charge in [-0.25, -0.2) is 27.2 Å². The van der Waals surface area contributed by atoms with Gasteiger partial charge in [0.2, 0.25) is 10.0 Å². The average molecular weight is 310 g/mol. The molecule has 0 aliphatic rings. The number of carbonyl (C=O) groups is 1. The molecule has 2 rings (SSSR count). The number of hydrogen-bond acceptors (Lipinski definition) is 6. The Hall–Kier alpha value is -2.26. The van der Waals surface area contributed by atoms with Crippen LogP contribution < -0.4 is 0 Å². The number of nitrogens with zero attached hydrogens (tertiary/aromatic N) is 4. The smallest absolute Gasteiger partial charge is 0.377 e. The van der Waals surface area contributed by atoms with E-state index in [1.165, 1.54) is 44.3 Å². The second kappa shape index (κ2) is 5.62. The third kappa shape index (κ3) is 2.93. The summed E-state index contributed by atoms with van der Waals surface area (Å²) in [4.78, 5) is 15.3. The van der Waals surface area contributed by atoms with Crippen molar-refractivity contribution in [3.63, 3.8) is 0 Å². The number of methoxy groups -OCH3 is 1. The van der Waals surface area contributed by atoms with Gasteiger partial charge in [0, 0.05) is 14.1 Å². The first kappa shape index (κ1) is 15.1. The van der Waals surface area contributed by atoms with Gasteiger partial charge in [0.25, 0.3) is 5.82 Å². The maximum absolute atomic E-state index is 11.9. The maximum atomic E-state index is 11.9. The number of aromatic nitrogens is 3. The molecule has 1 aromatic heterocycles. The Bertz CT molecular complexity index is 750. The first-order valence-electron chi connectivity index (χ1n) is 5.89. The van der Waals surface area contributed by atoms with Crippen molar-refractivity contribution in [3.8, 4) is 5.69 Å². The fraction of sp³-hybridized carbons (Fsp3) is 0.250. The molecule has 0 fully saturated rings. The van der Waals surface area contributed by atoms with Crippen molar-refractivity contribution in [2.45, 2.75) is 4.90 Å². The van der Waals surface area contributed by atoms with Crippen LogP contribution in [0.3, 0.4) is 0 Å². The fourth-order valence-corrected chi connectivity index (χ4v) is 2.46. The van der Waals surface area contributed by atoms with E-state index in [-0.39, 0.29) is 10.7 Å². The molecule has 0 unspecified atom stereocenters. The molecule has 0 atom stereocenters. The topological polar surface area (TPSA) is 94.4 Å². The van der Waals surface area contributed by atoms with Crippen molar-refractivity contribution < 1.29 is 17.9 Å². The Balaban J connectivity index is 2.32. The molecule has 0 saturated heterocycles. The lowest BCUT2D eigenvalue weighted by molar-refractivity contribution is 0.0587. The van der Waals surface area contributed by atoms with Crippen LogP contribution >= 0.6 is 0 Å². The lowest BCUT2D eigenvalue weighted by Gasteiger charge is -2.11. The van der Waals surface area contributed by atoms with Crippen LogP contribution in [0.4, 0.5) is 0 Å². The van der Waals surface area contributed by atoms with Gasteiger partial charge in [0.15, 0.2) is 0 Å². The minimum atomic E-state index is -3.47. The SMILES string of the molecule is COC(=O)c1ncn(-c2ccc(S(=O)(=O)N(C)C)cc2)n1. The summed E-state index contributed by atoms with van der Waals surface area (Å²) in [5, 5.41) is 3.95. The molecule has 9 heteroatoms. The van der Waals surface area contributed by atoms with Crippen molar-refractivity contribution >= 4 is 16.0 Å².